The summed E-state index contributed by atoms with van der Waals surface area (Å²) in [6.45, 7) is 14.6. The van der Waals surface area contributed by atoms with Crippen molar-refractivity contribution in [2.45, 2.75) is 33.2 Å². The van der Waals surface area contributed by atoms with Gasteiger partial charge in [0.25, 0.3) is 0 Å². The van der Waals surface area contributed by atoms with Crippen LogP contribution in [0.5, 0.6) is 0 Å². The predicted molar refractivity (Wildman–Crippen MR) is 118 cm³/mol. The van der Waals surface area contributed by atoms with E-state index in [-0.39, 0.29) is 0 Å². The van der Waals surface area contributed by atoms with Crippen LogP contribution in [0.1, 0.15) is 30.9 Å². The molecule has 162 valence electrons. The molecule has 0 aliphatic carbocycles. The Hall–Kier alpha value is -1.63. The molecule has 0 amide bonds. The number of nitrogens with one attached hydrogen (secondary N) is 1. The Bertz CT molecular complexity index is 623. The van der Waals surface area contributed by atoms with Gasteiger partial charge in [-0.15, -0.1) is 0 Å². The van der Waals surface area contributed by atoms with E-state index in [9.17, 15) is 0 Å². The zero-order valence-corrected chi connectivity index (χ0v) is 18.2. The van der Waals surface area contributed by atoms with E-state index < -0.39 is 0 Å². The van der Waals surface area contributed by atoms with Gasteiger partial charge in [-0.05, 0) is 32.3 Å². The summed E-state index contributed by atoms with van der Waals surface area (Å²) in [7, 11) is 0. The first-order valence-electron chi connectivity index (χ1n) is 11.2. The number of aliphatic imine (C=N–C) groups is 1. The third-order valence-electron chi connectivity index (χ3n) is 5.58. The molecule has 1 N–H and O–H groups in total. The minimum absolute atomic E-state index is 0.590. The molecular weight excluding hydrogens is 364 g/mol. The number of hydrogen-bond donors (Lipinski definition) is 1. The monoisotopic (exact) mass is 402 g/mol. The lowest BCUT2D eigenvalue weighted by Crippen LogP contribution is -2.52. The summed E-state index contributed by atoms with van der Waals surface area (Å²) in [6, 6.07) is 8.84. The van der Waals surface area contributed by atoms with Crippen molar-refractivity contribution >= 4 is 5.96 Å². The van der Waals surface area contributed by atoms with Crippen molar-refractivity contribution in [1.82, 2.24) is 15.1 Å². The molecule has 0 saturated carbocycles. The highest BCUT2D eigenvalue weighted by Crippen LogP contribution is 2.12. The van der Waals surface area contributed by atoms with Gasteiger partial charge in [0.2, 0.25) is 0 Å². The maximum Gasteiger partial charge on any atom is 0.194 e. The summed E-state index contributed by atoms with van der Waals surface area (Å²) in [5, 5.41) is 3.46. The van der Waals surface area contributed by atoms with Crippen LogP contribution in [0.15, 0.2) is 29.3 Å². The summed E-state index contributed by atoms with van der Waals surface area (Å²) in [4.78, 5) is 9.77. The van der Waals surface area contributed by atoms with E-state index in [4.69, 9.17) is 14.5 Å². The fraction of sp³-hybridized carbons (Fsp3) is 0.696. The molecule has 2 aliphatic rings. The second-order valence-corrected chi connectivity index (χ2v) is 8.15. The standard InChI is InChI=1S/C23H38N4O2/c1-3-24-23(25-9-5-14-28-18-22-8-15-29-19-22)27-12-10-26(11-13-27)17-21-7-4-6-20(2)16-21/h4,6-7,16,22H,3,5,8-15,17-19H2,1-2H3,(H,24,25). The van der Waals surface area contributed by atoms with Gasteiger partial charge < -0.3 is 19.7 Å². The summed E-state index contributed by atoms with van der Waals surface area (Å²) < 4.78 is 11.2. The van der Waals surface area contributed by atoms with E-state index in [0.29, 0.717) is 5.92 Å². The van der Waals surface area contributed by atoms with Crippen molar-refractivity contribution in [2.24, 2.45) is 10.9 Å². The van der Waals surface area contributed by atoms with E-state index in [1.165, 1.54) is 11.1 Å². The molecule has 6 heteroatoms. The molecule has 1 aromatic rings. The molecule has 2 heterocycles. The van der Waals surface area contributed by atoms with Crippen LogP contribution in [0.4, 0.5) is 0 Å². The first-order valence-corrected chi connectivity index (χ1v) is 11.2. The highest BCUT2D eigenvalue weighted by molar-refractivity contribution is 5.80. The number of hydrogen-bond acceptors (Lipinski definition) is 4. The molecular formula is C23H38N4O2. The summed E-state index contributed by atoms with van der Waals surface area (Å²) in [6.07, 6.45) is 2.11. The van der Waals surface area contributed by atoms with Crippen molar-refractivity contribution < 1.29 is 9.47 Å². The molecule has 2 aliphatic heterocycles. The van der Waals surface area contributed by atoms with E-state index in [1.54, 1.807) is 0 Å². The van der Waals surface area contributed by atoms with Crippen LogP contribution in [0.25, 0.3) is 0 Å². The van der Waals surface area contributed by atoms with Crippen LogP contribution in [0.3, 0.4) is 0 Å². The van der Waals surface area contributed by atoms with Gasteiger partial charge in [-0.25, -0.2) is 0 Å². The molecule has 0 bridgehead atoms. The van der Waals surface area contributed by atoms with Crippen LogP contribution < -0.4 is 5.32 Å². The van der Waals surface area contributed by atoms with Crippen molar-refractivity contribution in [3.8, 4) is 0 Å². The van der Waals surface area contributed by atoms with Crippen LogP contribution >= 0.6 is 0 Å². The second kappa shape index (κ2) is 12.2. The summed E-state index contributed by atoms with van der Waals surface area (Å²) in [5.41, 5.74) is 2.74. The fourth-order valence-electron chi connectivity index (χ4n) is 3.93. The minimum Gasteiger partial charge on any atom is -0.381 e. The molecule has 1 unspecified atom stereocenters. The number of piperazine rings is 1. The van der Waals surface area contributed by atoms with Gasteiger partial charge >= 0.3 is 0 Å². The third kappa shape index (κ3) is 7.61. The molecule has 6 nitrogen and oxygen atoms in total. The zero-order valence-electron chi connectivity index (χ0n) is 18.2. The highest BCUT2D eigenvalue weighted by atomic mass is 16.5. The quantitative estimate of drug-likeness (QED) is 0.391. The molecule has 2 saturated heterocycles. The Morgan fingerprint density at radius 2 is 2.14 bits per heavy atom. The van der Waals surface area contributed by atoms with Crippen LogP contribution in [0, 0.1) is 12.8 Å². The number of nitrogens with zero attached hydrogens (tertiary/aromatic N) is 3. The van der Waals surface area contributed by atoms with Crippen LogP contribution in [-0.4, -0.2) is 81.5 Å². The van der Waals surface area contributed by atoms with Gasteiger partial charge in [0.1, 0.15) is 0 Å². The van der Waals surface area contributed by atoms with E-state index in [1.807, 2.05) is 0 Å². The maximum absolute atomic E-state index is 5.79. The predicted octanol–water partition coefficient (Wildman–Crippen LogP) is 2.52. The second-order valence-electron chi connectivity index (χ2n) is 8.15. The Labute approximate surface area is 176 Å². The largest absolute Gasteiger partial charge is 0.381 e. The Morgan fingerprint density at radius 1 is 1.28 bits per heavy atom. The molecule has 0 aromatic heterocycles. The molecule has 3 rings (SSSR count). The van der Waals surface area contributed by atoms with E-state index >= 15 is 0 Å². The van der Waals surface area contributed by atoms with Gasteiger partial charge in [-0.3, -0.25) is 9.89 Å². The Morgan fingerprint density at radius 3 is 2.86 bits per heavy atom. The number of benzene rings is 1. The van der Waals surface area contributed by atoms with Crippen LogP contribution in [-0.2, 0) is 16.0 Å². The summed E-state index contributed by atoms with van der Waals surface area (Å²) in [5.74, 6) is 1.64. The number of ether oxygens (including phenoxy) is 2. The van der Waals surface area contributed by atoms with Crippen LogP contribution in [0.2, 0.25) is 0 Å². The van der Waals surface area contributed by atoms with Crippen molar-refractivity contribution in [3.05, 3.63) is 35.4 Å². The first kappa shape index (κ1) is 22.1. The zero-order chi connectivity index (χ0) is 20.3. The Balaban J connectivity index is 1.36. The van der Waals surface area contributed by atoms with Crippen molar-refractivity contribution in [2.75, 3.05) is 65.7 Å². The Kier molecular flexibility index (Phi) is 9.25. The molecule has 29 heavy (non-hydrogen) atoms. The SMILES string of the molecule is CCNC(=NCCCOCC1CCOC1)N1CCN(Cc2cccc(C)c2)CC1. The molecule has 2 fully saturated rings. The van der Waals surface area contributed by atoms with Gasteiger partial charge in [0.15, 0.2) is 5.96 Å². The highest BCUT2D eigenvalue weighted by Gasteiger charge is 2.19. The minimum atomic E-state index is 0.590. The average Bonchev–Trinajstić information content (AvgIpc) is 3.24. The first-order chi connectivity index (χ1) is 14.2. The lowest BCUT2D eigenvalue weighted by atomic mass is 10.1. The molecule has 1 atom stereocenters. The van der Waals surface area contributed by atoms with Gasteiger partial charge in [0, 0.05) is 64.9 Å². The van der Waals surface area contributed by atoms with Gasteiger partial charge in [-0.1, -0.05) is 29.8 Å². The smallest absolute Gasteiger partial charge is 0.194 e. The average molecular weight is 403 g/mol. The van der Waals surface area contributed by atoms with E-state index in [2.05, 4.69) is 53.2 Å². The van der Waals surface area contributed by atoms with Gasteiger partial charge in [0.05, 0.1) is 13.2 Å². The lowest BCUT2D eigenvalue weighted by Gasteiger charge is -2.36. The van der Waals surface area contributed by atoms with Crippen molar-refractivity contribution in [1.29, 1.82) is 0 Å². The number of guanidine groups is 1. The maximum atomic E-state index is 5.79. The molecule has 1 aromatic carbocycles. The third-order valence-corrected chi connectivity index (χ3v) is 5.58. The fourth-order valence-corrected chi connectivity index (χ4v) is 3.93. The summed E-state index contributed by atoms with van der Waals surface area (Å²) >= 11 is 0. The lowest BCUT2D eigenvalue weighted by molar-refractivity contribution is 0.0892. The molecule has 0 spiro atoms. The number of rotatable bonds is 9. The van der Waals surface area contributed by atoms with E-state index in [0.717, 1.165) is 91.0 Å². The molecule has 0 radical (unpaired) electrons. The van der Waals surface area contributed by atoms with Gasteiger partial charge in [-0.2, -0.15) is 0 Å². The normalized spacial score (nSPS) is 21.0. The van der Waals surface area contributed by atoms with Crippen molar-refractivity contribution in [3.63, 3.8) is 0 Å². The topological polar surface area (TPSA) is 49.3 Å². The number of aryl methyl sites for hydroxylation is 1.